The topological polar surface area (TPSA) is 180 Å². The number of nitro benzene ring substituents is 2. The van der Waals surface area contributed by atoms with Gasteiger partial charge in [0.05, 0.1) is 33.7 Å². The molecule has 0 aromatic heterocycles. The van der Waals surface area contributed by atoms with Crippen molar-refractivity contribution in [1.82, 2.24) is 5.32 Å². The summed E-state index contributed by atoms with van der Waals surface area (Å²) < 4.78 is 10.6. The van der Waals surface area contributed by atoms with E-state index in [2.05, 4.69) is 5.32 Å². The van der Waals surface area contributed by atoms with Crippen molar-refractivity contribution in [3.63, 3.8) is 0 Å². The fourth-order valence-corrected chi connectivity index (χ4v) is 2.62. The summed E-state index contributed by atoms with van der Waals surface area (Å²) in [4.78, 5) is 32.6. The highest BCUT2D eigenvalue weighted by atomic mass is 16.7. The monoisotopic (exact) mass is 370 g/mol. The van der Waals surface area contributed by atoms with Gasteiger partial charge in [0.1, 0.15) is 6.04 Å². The maximum absolute atomic E-state index is 12.4. The number of nitrogens with zero attached hydrogens (tertiary/aromatic N) is 2. The van der Waals surface area contributed by atoms with Crippen LogP contribution < -0.4 is 11.1 Å². The minimum Gasteiger partial charge on any atom is -0.391 e. The summed E-state index contributed by atoms with van der Waals surface area (Å²) in [6, 6.07) is 1.58. The normalized spacial score (nSPS) is 25.5. The number of non-ortho nitro benzene ring substituents is 2. The first-order chi connectivity index (χ1) is 12.3. The van der Waals surface area contributed by atoms with E-state index in [4.69, 9.17) is 15.2 Å². The van der Waals surface area contributed by atoms with Gasteiger partial charge in [0, 0.05) is 32.2 Å². The molecule has 1 fully saturated rings. The van der Waals surface area contributed by atoms with Gasteiger partial charge in [-0.2, -0.15) is 0 Å². The van der Waals surface area contributed by atoms with Crippen molar-refractivity contribution >= 4 is 17.3 Å². The summed E-state index contributed by atoms with van der Waals surface area (Å²) in [5, 5.41) is 34.5. The molecule has 1 aliphatic rings. The van der Waals surface area contributed by atoms with Crippen LogP contribution in [0.3, 0.4) is 0 Å². The van der Waals surface area contributed by atoms with Crippen molar-refractivity contribution in [3.05, 3.63) is 44.0 Å². The second kappa shape index (κ2) is 8.14. The first-order valence-electron chi connectivity index (χ1n) is 7.58. The largest absolute Gasteiger partial charge is 0.391 e. The number of hydrogen-bond acceptors (Lipinski definition) is 9. The molecule has 0 bridgehead atoms. The molecule has 12 heteroatoms. The average Bonchev–Trinajstić information content (AvgIpc) is 2.62. The molecule has 1 amide bonds. The van der Waals surface area contributed by atoms with Crippen molar-refractivity contribution in [2.75, 3.05) is 13.7 Å². The number of nitrogens with one attached hydrogen (secondary N) is 1. The molecule has 0 saturated carbocycles. The lowest BCUT2D eigenvalue weighted by atomic mass is 9.99. The van der Waals surface area contributed by atoms with Crippen LogP contribution in [0.4, 0.5) is 11.4 Å². The third-order valence-corrected chi connectivity index (χ3v) is 3.92. The van der Waals surface area contributed by atoms with Crippen molar-refractivity contribution in [3.8, 4) is 0 Å². The minimum absolute atomic E-state index is 0.147. The van der Waals surface area contributed by atoms with Gasteiger partial charge in [0.25, 0.3) is 17.3 Å². The fraction of sp³-hybridized carbons (Fsp3) is 0.500. The molecule has 26 heavy (non-hydrogen) atoms. The van der Waals surface area contributed by atoms with E-state index in [0.717, 1.165) is 18.2 Å². The summed E-state index contributed by atoms with van der Waals surface area (Å²) >= 11 is 0. The zero-order valence-electron chi connectivity index (χ0n) is 13.7. The Kier molecular flexibility index (Phi) is 6.15. The molecule has 1 aliphatic heterocycles. The van der Waals surface area contributed by atoms with E-state index in [1.165, 1.54) is 7.11 Å². The molecular formula is C14H18N4O8. The van der Waals surface area contributed by atoms with Gasteiger partial charge in [-0.05, 0) is 0 Å². The summed E-state index contributed by atoms with van der Waals surface area (Å²) in [5.41, 5.74) is 4.00. The molecule has 1 aromatic rings. The molecule has 1 heterocycles. The first-order valence-corrected chi connectivity index (χ1v) is 7.58. The molecule has 142 valence electrons. The number of nitro groups is 2. The third kappa shape index (κ3) is 4.29. The van der Waals surface area contributed by atoms with Crippen LogP contribution in [-0.2, 0) is 9.47 Å². The van der Waals surface area contributed by atoms with Crippen LogP contribution in [0.15, 0.2) is 18.2 Å². The van der Waals surface area contributed by atoms with E-state index in [0.29, 0.717) is 0 Å². The van der Waals surface area contributed by atoms with Gasteiger partial charge in [-0.15, -0.1) is 0 Å². The zero-order valence-corrected chi connectivity index (χ0v) is 13.7. The standard InChI is InChI=1S/C14H18N4O8/c1-25-14-12(11(19)5-10(6-15)26-14)16-13(20)7-2-8(17(21)22)4-9(3-7)18(23)24/h2-4,10-12,14,19H,5-6,15H2,1H3,(H,16,20)/t10-,11-,12+,14?/m0/s1. The summed E-state index contributed by atoms with van der Waals surface area (Å²) in [7, 11) is 1.31. The number of methoxy groups -OCH3 is 1. The number of rotatable bonds is 6. The molecule has 0 aliphatic carbocycles. The number of carbonyl (C=O) groups is 1. The molecule has 1 aromatic carbocycles. The molecule has 1 saturated heterocycles. The van der Waals surface area contributed by atoms with E-state index in [9.17, 15) is 30.1 Å². The number of aliphatic hydroxyl groups excluding tert-OH is 1. The Morgan fingerprint density at radius 1 is 1.35 bits per heavy atom. The average molecular weight is 370 g/mol. The highest BCUT2D eigenvalue weighted by Crippen LogP contribution is 2.24. The van der Waals surface area contributed by atoms with Crippen molar-refractivity contribution in [1.29, 1.82) is 0 Å². The smallest absolute Gasteiger partial charge is 0.277 e. The number of ether oxygens (including phenoxy) is 2. The Bertz CT molecular complexity index is 680. The Morgan fingerprint density at radius 3 is 2.38 bits per heavy atom. The number of amides is 1. The Balaban J connectivity index is 2.26. The van der Waals surface area contributed by atoms with Crippen LogP contribution in [0.5, 0.6) is 0 Å². The Morgan fingerprint density at radius 2 is 1.92 bits per heavy atom. The number of hydrogen-bond donors (Lipinski definition) is 3. The predicted molar refractivity (Wildman–Crippen MR) is 86.4 cm³/mol. The van der Waals surface area contributed by atoms with Crippen molar-refractivity contribution < 1.29 is 29.2 Å². The summed E-state index contributed by atoms with van der Waals surface area (Å²) in [6.45, 7) is 0.147. The van der Waals surface area contributed by atoms with Gasteiger partial charge in [-0.25, -0.2) is 0 Å². The molecule has 0 spiro atoms. The van der Waals surface area contributed by atoms with Gasteiger partial charge in [-0.3, -0.25) is 25.0 Å². The Hall–Kier alpha value is -2.67. The van der Waals surface area contributed by atoms with Gasteiger partial charge in [0.2, 0.25) is 0 Å². The maximum atomic E-state index is 12.4. The third-order valence-electron chi connectivity index (χ3n) is 3.92. The lowest BCUT2D eigenvalue weighted by molar-refractivity contribution is -0.394. The SMILES string of the molecule is COC1O[C@H](CN)C[C@H](O)[C@H]1NC(=O)c1cc([N+](=O)[O-])cc([N+](=O)[O-])c1. The van der Waals surface area contributed by atoms with Gasteiger partial charge in [0.15, 0.2) is 6.29 Å². The minimum atomic E-state index is -1.04. The zero-order chi connectivity index (χ0) is 19.4. The van der Waals surface area contributed by atoms with E-state index in [-0.39, 0.29) is 18.5 Å². The molecule has 0 radical (unpaired) electrons. The molecule has 4 atom stereocenters. The maximum Gasteiger partial charge on any atom is 0.277 e. The molecule has 4 N–H and O–H groups in total. The molecule has 1 unspecified atom stereocenters. The highest BCUT2D eigenvalue weighted by Gasteiger charge is 2.39. The highest BCUT2D eigenvalue weighted by molar-refractivity contribution is 5.95. The van der Waals surface area contributed by atoms with Crippen LogP contribution in [0, 0.1) is 20.2 Å². The lowest BCUT2D eigenvalue weighted by Gasteiger charge is -2.38. The Labute approximate surface area is 147 Å². The fourth-order valence-electron chi connectivity index (χ4n) is 2.62. The molecular weight excluding hydrogens is 352 g/mol. The molecule has 2 rings (SSSR count). The van der Waals surface area contributed by atoms with Crippen LogP contribution in [0.1, 0.15) is 16.8 Å². The predicted octanol–water partition coefficient (Wildman–Crippen LogP) is -0.318. The van der Waals surface area contributed by atoms with Crippen molar-refractivity contribution in [2.45, 2.75) is 31.0 Å². The van der Waals surface area contributed by atoms with E-state index in [1.54, 1.807) is 0 Å². The van der Waals surface area contributed by atoms with Crippen LogP contribution in [-0.4, -0.2) is 59.1 Å². The summed E-state index contributed by atoms with van der Waals surface area (Å²) in [6.07, 6.45) is -2.34. The number of benzene rings is 1. The summed E-state index contributed by atoms with van der Waals surface area (Å²) in [5.74, 6) is -0.849. The second-order valence-corrected chi connectivity index (χ2v) is 5.65. The van der Waals surface area contributed by atoms with Crippen LogP contribution >= 0.6 is 0 Å². The van der Waals surface area contributed by atoms with Gasteiger partial charge in [-0.1, -0.05) is 0 Å². The molecule has 12 nitrogen and oxygen atoms in total. The van der Waals surface area contributed by atoms with Gasteiger partial charge >= 0.3 is 0 Å². The quantitative estimate of drug-likeness (QED) is 0.446. The van der Waals surface area contributed by atoms with Crippen LogP contribution in [0.25, 0.3) is 0 Å². The van der Waals surface area contributed by atoms with Crippen molar-refractivity contribution in [2.24, 2.45) is 5.73 Å². The van der Waals surface area contributed by atoms with E-state index >= 15 is 0 Å². The number of carbonyl (C=O) groups excluding carboxylic acids is 1. The van der Waals surface area contributed by atoms with E-state index in [1.807, 2.05) is 0 Å². The van der Waals surface area contributed by atoms with Crippen LogP contribution in [0.2, 0.25) is 0 Å². The second-order valence-electron chi connectivity index (χ2n) is 5.65. The lowest BCUT2D eigenvalue weighted by Crippen LogP contribution is -2.58. The van der Waals surface area contributed by atoms with E-state index < -0.39 is 51.7 Å². The number of nitrogens with two attached hydrogens (primary N) is 1. The van der Waals surface area contributed by atoms with Gasteiger partial charge < -0.3 is 25.6 Å². The number of aliphatic hydroxyl groups is 1. The first kappa shape index (κ1) is 19.7.